The normalized spacial score (nSPS) is 16.6. The van der Waals surface area contributed by atoms with Gasteiger partial charge in [-0.2, -0.15) is 5.10 Å². The third-order valence-corrected chi connectivity index (χ3v) is 8.43. The van der Waals surface area contributed by atoms with E-state index in [2.05, 4.69) is 9.82 Å². The fourth-order valence-corrected chi connectivity index (χ4v) is 6.33. The van der Waals surface area contributed by atoms with Gasteiger partial charge in [0, 0.05) is 29.0 Å². The van der Waals surface area contributed by atoms with Crippen molar-refractivity contribution in [2.45, 2.75) is 51.0 Å². The van der Waals surface area contributed by atoms with Crippen LogP contribution in [-0.2, 0) is 22.9 Å². The molecule has 0 radical (unpaired) electrons. The number of aromatic nitrogens is 2. The molecule has 4 aromatic rings. The van der Waals surface area contributed by atoms with Crippen molar-refractivity contribution in [1.82, 2.24) is 14.5 Å². The molecule has 1 aliphatic carbocycles. The van der Waals surface area contributed by atoms with E-state index < -0.39 is 27.7 Å². The summed E-state index contributed by atoms with van der Waals surface area (Å²) in [6.07, 6.45) is 5.18. The second-order valence-electron chi connectivity index (χ2n) is 10.1. The smallest absolute Gasteiger partial charge is 0.234 e. The fraction of sp³-hybridized carbons (Fsp3) is 0.258. The summed E-state index contributed by atoms with van der Waals surface area (Å²) in [6, 6.07) is 18.4. The van der Waals surface area contributed by atoms with Crippen molar-refractivity contribution in [3.05, 3.63) is 124 Å². The largest absolute Gasteiger partial charge is 0.234 e. The van der Waals surface area contributed by atoms with Crippen LogP contribution in [0.1, 0.15) is 66.2 Å². The van der Waals surface area contributed by atoms with E-state index in [1.54, 1.807) is 19.1 Å². The quantitative estimate of drug-likeness (QED) is 0.234. The monoisotopic (exact) mass is 565 g/mol. The molecule has 0 bridgehead atoms. The summed E-state index contributed by atoms with van der Waals surface area (Å²) in [5.41, 5.74) is 3.84. The van der Waals surface area contributed by atoms with Crippen molar-refractivity contribution in [3.63, 3.8) is 0 Å². The Balaban J connectivity index is 1.54. The molecule has 0 saturated heterocycles. The standard InChI is InChI=1S/C31H30F3N3O2S/c1-21(23-7-3-2-4-8-23)36-40(38,39)18-17-29-27-10-6-5-9-24(19-22-11-13-25(32)14-12-22)31(27)37(35-29)30-16-15-26(33)20-28(30)34/h2-4,7-8,11-18,20-21,24,36H,5-6,9-10,19H2,1H3/b18-17+/t21-,24?/m0/s1. The summed E-state index contributed by atoms with van der Waals surface area (Å²) in [6.45, 7) is 1.76. The molecule has 1 N–H and O–H groups in total. The predicted molar refractivity (Wildman–Crippen MR) is 150 cm³/mol. The van der Waals surface area contributed by atoms with Crippen LogP contribution in [0.25, 0.3) is 11.8 Å². The third-order valence-electron chi connectivity index (χ3n) is 7.25. The van der Waals surface area contributed by atoms with Gasteiger partial charge in [-0.25, -0.2) is 31.0 Å². The first kappa shape index (κ1) is 27.9. The zero-order valence-corrected chi connectivity index (χ0v) is 22.8. The fourth-order valence-electron chi connectivity index (χ4n) is 5.31. The van der Waals surface area contributed by atoms with Gasteiger partial charge in [0.25, 0.3) is 0 Å². The van der Waals surface area contributed by atoms with E-state index in [0.29, 0.717) is 18.5 Å². The molecule has 1 unspecified atom stereocenters. The second-order valence-corrected chi connectivity index (χ2v) is 11.7. The molecule has 208 valence electrons. The van der Waals surface area contributed by atoms with Crippen LogP contribution in [0.3, 0.4) is 0 Å². The summed E-state index contributed by atoms with van der Waals surface area (Å²) in [5.74, 6) is -1.88. The van der Waals surface area contributed by atoms with Crippen molar-refractivity contribution in [1.29, 1.82) is 0 Å². The Labute approximate surface area is 232 Å². The number of sulfonamides is 1. The zero-order chi connectivity index (χ0) is 28.3. The number of hydrogen-bond donors (Lipinski definition) is 1. The van der Waals surface area contributed by atoms with Gasteiger partial charge in [0.1, 0.15) is 17.3 Å². The van der Waals surface area contributed by atoms with Crippen molar-refractivity contribution in [3.8, 4) is 5.69 Å². The molecule has 9 heteroatoms. The maximum Gasteiger partial charge on any atom is 0.234 e. The molecule has 0 spiro atoms. The van der Waals surface area contributed by atoms with E-state index in [9.17, 15) is 17.2 Å². The highest BCUT2D eigenvalue weighted by Gasteiger charge is 2.28. The van der Waals surface area contributed by atoms with Crippen LogP contribution in [0.5, 0.6) is 0 Å². The Kier molecular flexibility index (Phi) is 8.23. The number of rotatable bonds is 8. The van der Waals surface area contributed by atoms with E-state index >= 15 is 4.39 Å². The van der Waals surface area contributed by atoms with Crippen LogP contribution in [0.2, 0.25) is 0 Å². The SMILES string of the molecule is C[C@H](NS(=O)(=O)/C=C/c1nn(-c2ccc(F)cc2F)c2c1CCCCC2Cc1ccc(F)cc1)c1ccccc1. The number of benzene rings is 3. The molecule has 1 aromatic heterocycles. The molecule has 5 nitrogen and oxygen atoms in total. The van der Waals surface area contributed by atoms with E-state index in [0.717, 1.165) is 53.1 Å². The summed E-state index contributed by atoms with van der Waals surface area (Å²) >= 11 is 0. The molecule has 5 rings (SSSR count). The maximum absolute atomic E-state index is 15.0. The Morgan fingerprint density at radius 3 is 2.45 bits per heavy atom. The summed E-state index contributed by atoms with van der Waals surface area (Å²) in [7, 11) is -3.84. The van der Waals surface area contributed by atoms with E-state index in [4.69, 9.17) is 0 Å². The highest BCUT2D eigenvalue weighted by Crippen LogP contribution is 2.37. The predicted octanol–water partition coefficient (Wildman–Crippen LogP) is 6.99. The lowest BCUT2D eigenvalue weighted by Crippen LogP contribution is -2.24. The highest BCUT2D eigenvalue weighted by atomic mass is 32.2. The minimum Gasteiger partial charge on any atom is -0.234 e. The molecule has 1 heterocycles. The summed E-state index contributed by atoms with van der Waals surface area (Å²) in [4.78, 5) is 0. The summed E-state index contributed by atoms with van der Waals surface area (Å²) < 4.78 is 72.4. The Hall–Kier alpha value is -3.69. The van der Waals surface area contributed by atoms with Crippen LogP contribution < -0.4 is 4.72 Å². The summed E-state index contributed by atoms with van der Waals surface area (Å²) in [5, 5.41) is 5.74. The van der Waals surface area contributed by atoms with Crippen molar-refractivity contribution in [2.75, 3.05) is 0 Å². The van der Waals surface area contributed by atoms with Gasteiger partial charge in [0.15, 0.2) is 5.82 Å². The first-order valence-electron chi connectivity index (χ1n) is 13.3. The zero-order valence-electron chi connectivity index (χ0n) is 22.0. The van der Waals surface area contributed by atoms with Gasteiger partial charge in [-0.05, 0) is 74.1 Å². The van der Waals surface area contributed by atoms with E-state index in [-0.39, 0.29) is 17.4 Å². The van der Waals surface area contributed by atoms with Crippen LogP contribution in [-0.4, -0.2) is 18.2 Å². The van der Waals surface area contributed by atoms with E-state index in [1.807, 2.05) is 30.3 Å². The second kappa shape index (κ2) is 11.8. The minimum atomic E-state index is -3.84. The molecule has 3 aromatic carbocycles. The maximum atomic E-state index is 15.0. The van der Waals surface area contributed by atoms with Crippen LogP contribution in [0.4, 0.5) is 13.2 Å². The van der Waals surface area contributed by atoms with E-state index in [1.165, 1.54) is 35.0 Å². The average Bonchev–Trinajstić information content (AvgIpc) is 3.15. The van der Waals surface area contributed by atoms with Crippen LogP contribution in [0.15, 0.2) is 78.2 Å². The topological polar surface area (TPSA) is 64.0 Å². The van der Waals surface area contributed by atoms with Crippen molar-refractivity contribution in [2.24, 2.45) is 0 Å². The first-order valence-corrected chi connectivity index (χ1v) is 14.8. The Bertz CT molecular complexity index is 1620. The number of nitrogens with zero attached hydrogens (tertiary/aromatic N) is 2. The third kappa shape index (κ3) is 6.37. The lowest BCUT2D eigenvalue weighted by atomic mass is 9.91. The molecule has 0 saturated carbocycles. The van der Waals surface area contributed by atoms with Gasteiger partial charge in [-0.15, -0.1) is 0 Å². The van der Waals surface area contributed by atoms with Gasteiger partial charge < -0.3 is 0 Å². The van der Waals surface area contributed by atoms with Crippen LogP contribution >= 0.6 is 0 Å². The molecular formula is C31H30F3N3O2S. The van der Waals surface area contributed by atoms with Gasteiger partial charge in [0.2, 0.25) is 10.0 Å². The number of fused-ring (bicyclic) bond motifs is 1. The highest BCUT2D eigenvalue weighted by molar-refractivity contribution is 7.92. The lowest BCUT2D eigenvalue weighted by Gasteiger charge is -2.19. The van der Waals surface area contributed by atoms with Crippen molar-refractivity contribution >= 4 is 16.1 Å². The molecule has 0 fully saturated rings. The Morgan fingerprint density at radius 2 is 1.73 bits per heavy atom. The van der Waals surface area contributed by atoms with Crippen LogP contribution in [0, 0.1) is 17.5 Å². The molecule has 40 heavy (non-hydrogen) atoms. The average molecular weight is 566 g/mol. The number of hydrogen-bond acceptors (Lipinski definition) is 3. The van der Waals surface area contributed by atoms with Gasteiger partial charge in [-0.3, -0.25) is 0 Å². The molecule has 0 amide bonds. The minimum absolute atomic E-state index is 0.0852. The molecular weight excluding hydrogens is 535 g/mol. The number of halogens is 3. The molecule has 1 aliphatic rings. The Morgan fingerprint density at radius 1 is 1.00 bits per heavy atom. The first-order chi connectivity index (χ1) is 19.2. The lowest BCUT2D eigenvalue weighted by molar-refractivity contribution is 0.545. The van der Waals surface area contributed by atoms with Gasteiger partial charge in [0.05, 0.1) is 11.4 Å². The van der Waals surface area contributed by atoms with Gasteiger partial charge >= 0.3 is 0 Å². The van der Waals surface area contributed by atoms with Crippen molar-refractivity contribution < 1.29 is 21.6 Å². The molecule has 2 atom stereocenters. The number of nitrogens with one attached hydrogen (secondary N) is 1. The molecule has 0 aliphatic heterocycles. The van der Waals surface area contributed by atoms with Gasteiger partial charge in [-0.1, -0.05) is 48.9 Å².